The Kier molecular flexibility index (Phi) is 3.50. The van der Waals surface area contributed by atoms with Crippen LogP contribution in [0.5, 0.6) is 11.7 Å². The van der Waals surface area contributed by atoms with Gasteiger partial charge in [0.15, 0.2) is 11.4 Å². The normalized spacial score (nSPS) is 11.0. The number of H-pyrrole nitrogens is 1. The number of nitrogens with zero attached hydrogens (tertiary/aromatic N) is 3. The van der Waals surface area contributed by atoms with Gasteiger partial charge in [-0.1, -0.05) is 18.2 Å². The minimum Gasteiger partial charge on any atom is -0.426 e. The van der Waals surface area contributed by atoms with Gasteiger partial charge < -0.3 is 14.5 Å². The number of rotatable bonds is 4. The van der Waals surface area contributed by atoms with Crippen LogP contribution in [-0.4, -0.2) is 25.9 Å². The zero-order valence-electron chi connectivity index (χ0n) is 13.6. The molecule has 0 aliphatic heterocycles. The second-order valence-corrected chi connectivity index (χ2v) is 5.49. The number of hydrogen-bond acceptors (Lipinski definition) is 5. The summed E-state index contributed by atoms with van der Waals surface area (Å²) in [5, 5.41) is 14.8. The number of aryl methyl sites for hydroxylation is 2. The highest BCUT2D eigenvalue weighted by Crippen LogP contribution is 2.26. The van der Waals surface area contributed by atoms with E-state index >= 15 is 0 Å². The Labute approximate surface area is 142 Å². The number of furan rings is 1. The van der Waals surface area contributed by atoms with Crippen LogP contribution >= 0.6 is 0 Å². The third-order valence-corrected chi connectivity index (χ3v) is 3.72. The van der Waals surface area contributed by atoms with E-state index in [4.69, 9.17) is 9.15 Å². The van der Waals surface area contributed by atoms with Crippen LogP contribution in [0.3, 0.4) is 0 Å². The highest BCUT2D eigenvalue weighted by Gasteiger charge is 2.18. The van der Waals surface area contributed by atoms with E-state index in [1.165, 1.54) is 0 Å². The van der Waals surface area contributed by atoms with Crippen molar-refractivity contribution in [3.63, 3.8) is 0 Å². The van der Waals surface area contributed by atoms with Gasteiger partial charge in [0, 0.05) is 13.1 Å². The van der Waals surface area contributed by atoms with Gasteiger partial charge in [-0.2, -0.15) is 10.2 Å². The molecule has 0 saturated carbocycles. The van der Waals surface area contributed by atoms with Crippen LogP contribution in [0.25, 0.3) is 11.0 Å². The van der Waals surface area contributed by atoms with Crippen LogP contribution in [0.15, 0.2) is 46.9 Å². The molecule has 0 fully saturated rings. The van der Waals surface area contributed by atoms with E-state index in [1.807, 2.05) is 25.1 Å². The van der Waals surface area contributed by atoms with E-state index in [9.17, 15) is 4.79 Å². The average Bonchev–Trinajstić information content (AvgIpc) is 3.28. The molecule has 3 aromatic heterocycles. The van der Waals surface area contributed by atoms with Crippen molar-refractivity contribution in [2.45, 2.75) is 6.92 Å². The molecule has 0 unspecified atom stereocenters. The number of ether oxygens (including phenoxy) is 1. The van der Waals surface area contributed by atoms with Gasteiger partial charge in [0.1, 0.15) is 11.6 Å². The van der Waals surface area contributed by atoms with Gasteiger partial charge in [-0.3, -0.25) is 9.89 Å². The molecule has 2 N–H and O–H groups in total. The first kappa shape index (κ1) is 15.0. The molecule has 0 saturated heterocycles. The lowest BCUT2D eigenvalue weighted by Crippen LogP contribution is -2.11. The molecule has 8 nitrogen and oxygen atoms in total. The summed E-state index contributed by atoms with van der Waals surface area (Å²) in [6.07, 6.45) is 0. The van der Waals surface area contributed by atoms with Crippen molar-refractivity contribution in [3.8, 4) is 11.7 Å². The van der Waals surface area contributed by atoms with Crippen molar-refractivity contribution >= 4 is 22.8 Å². The average molecular weight is 337 g/mol. The fraction of sp³-hybridized carbons (Fsp3) is 0.118. The van der Waals surface area contributed by atoms with Crippen molar-refractivity contribution in [1.82, 2.24) is 20.0 Å². The molecule has 0 bridgehead atoms. The Hall–Kier alpha value is -3.55. The smallest absolute Gasteiger partial charge is 0.292 e. The second-order valence-electron chi connectivity index (χ2n) is 5.49. The number of carbonyl (C=O) groups is 1. The highest BCUT2D eigenvalue weighted by atomic mass is 16.6. The number of para-hydroxylation sites is 1. The predicted octanol–water partition coefficient (Wildman–Crippen LogP) is 3.24. The fourth-order valence-corrected chi connectivity index (χ4v) is 2.60. The van der Waals surface area contributed by atoms with E-state index in [2.05, 4.69) is 20.6 Å². The molecule has 1 amide bonds. The number of benzene rings is 1. The van der Waals surface area contributed by atoms with Gasteiger partial charge in [0.05, 0.1) is 11.1 Å². The lowest BCUT2D eigenvalue weighted by atomic mass is 10.3. The maximum absolute atomic E-state index is 12.4. The molecule has 4 aromatic rings. The maximum Gasteiger partial charge on any atom is 0.292 e. The Bertz CT molecular complexity index is 1050. The zero-order valence-corrected chi connectivity index (χ0v) is 13.6. The quantitative estimate of drug-likeness (QED) is 0.596. The Morgan fingerprint density at radius 2 is 2.04 bits per heavy atom. The van der Waals surface area contributed by atoms with Crippen LogP contribution in [-0.2, 0) is 7.05 Å². The molecule has 0 aliphatic rings. The summed E-state index contributed by atoms with van der Waals surface area (Å²) in [6, 6.07) is 12.3. The molecular weight excluding hydrogens is 322 g/mol. The van der Waals surface area contributed by atoms with Crippen molar-refractivity contribution in [2.24, 2.45) is 7.05 Å². The molecule has 0 atom stereocenters. The zero-order chi connectivity index (χ0) is 17.4. The van der Waals surface area contributed by atoms with Crippen molar-refractivity contribution in [3.05, 3.63) is 53.9 Å². The number of aromatic nitrogens is 4. The number of aromatic amines is 1. The van der Waals surface area contributed by atoms with Crippen LogP contribution in [0, 0.1) is 6.92 Å². The van der Waals surface area contributed by atoms with Gasteiger partial charge in [0.2, 0.25) is 0 Å². The number of amides is 1. The first-order valence-electron chi connectivity index (χ1n) is 7.63. The molecule has 25 heavy (non-hydrogen) atoms. The van der Waals surface area contributed by atoms with Crippen LogP contribution in [0.4, 0.5) is 5.82 Å². The first-order chi connectivity index (χ1) is 12.1. The number of nitrogens with one attached hydrogen (secondary N) is 2. The van der Waals surface area contributed by atoms with Gasteiger partial charge in [-0.25, -0.2) is 4.68 Å². The molecule has 1 aromatic carbocycles. The van der Waals surface area contributed by atoms with Crippen molar-refractivity contribution < 1.29 is 13.9 Å². The Balaban J connectivity index is 1.53. The van der Waals surface area contributed by atoms with Crippen LogP contribution in [0.2, 0.25) is 0 Å². The van der Waals surface area contributed by atoms with Gasteiger partial charge >= 0.3 is 0 Å². The highest BCUT2D eigenvalue weighted by molar-refractivity contribution is 6.06. The molecule has 3 heterocycles. The molecular formula is C17H15N5O3. The third kappa shape index (κ3) is 2.74. The van der Waals surface area contributed by atoms with E-state index in [0.717, 1.165) is 11.1 Å². The Morgan fingerprint density at radius 3 is 2.84 bits per heavy atom. The molecule has 0 aliphatic carbocycles. The molecule has 8 heteroatoms. The number of carbonyl (C=O) groups excluding carboxylic acids is 1. The SMILES string of the molecule is Cc1nn(C)c2n[nH]c(NC(=O)c3ccc(Oc4ccccc4)o3)c12. The van der Waals surface area contributed by atoms with E-state index in [1.54, 1.807) is 36.0 Å². The van der Waals surface area contributed by atoms with Gasteiger partial charge in [-0.15, -0.1) is 0 Å². The van der Waals surface area contributed by atoms with Crippen molar-refractivity contribution in [2.75, 3.05) is 5.32 Å². The molecule has 4 rings (SSSR count). The summed E-state index contributed by atoms with van der Waals surface area (Å²) in [4.78, 5) is 12.4. The largest absolute Gasteiger partial charge is 0.426 e. The van der Waals surface area contributed by atoms with E-state index in [-0.39, 0.29) is 11.7 Å². The van der Waals surface area contributed by atoms with E-state index in [0.29, 0.717) is 17.2 Å². The van der Waals surface area contributed by atoms with Crippen LogP contribution < -0.4 is 10.1 Å². The third-order valence-electron chi connectivity index (χ3n) is 3.72. The Morgan fingerprint density at radius 1 is 1.24 bits per heavy atom. The predicted molar refractivity (Wildman–Crippen MR) is 90.8 cm³/mol. The summed E-state index contributed by atoms with van der Waals surface area (Å²) in [6.45, 7) is 1.85. The van der Waals surface area contributed by atoms with Gasteiger partial charge in [0.25, 0.3) is 11.9 Å². The summed E-state index contributed by atoms with van der Waals surface area (Å²) in [7, 11) is 1.79. The number of anilines is 1. The number of hydrogen-bond donors (Lipinski definition) is 2. The summed E-state index contributed by atoms with van der Waals surface area (Å²) in [5.74, 6) is 1.08. The fourth-order valence-electron chi connectivity index (χ4n) is 2.60. The second kappa shape index (κ2) is 5.82. The van der Waals surface area contributed by atoms with E-state index < -0.39 is 5.91 Å². The monoisotopic (exact) mass is 337 g/mol. The lowest BCUT2D eigenvalue weighted by molar-refractivity contribution is 0.0991. The summed E-state index contributed by atoms with van der Waals surface area (Å²) >= 11 is 0. The molecule has 0 radical (unpaired) electrons. The first-order valence-corrected chi connectivity index (χ1v) is 7.63. The van der Waals surface area contributed by atoms with Crippen molar-refractivity contribution in [1.29, 1.82) is 0 Å². The van der Waals surface area contributed by atoms with Gasteiger partial charge in [-0.05, 0) is 25.1 Å². The van der Waals surface area contributed by atoms with Crippen LogP contribution in [0.1, 0.15) is 16.2 Å². The minimum atomic E-state index is -0.406. The molecule has 0 spiro atoms. The summed E-state index contributed by atoms with van der Waals surface area (Å²) < 4.78 is 12.7. The standard InChI is InChI=1S/C17H15N5O3/c1-10-14-15(19-20-16(14)22(2)21-10)18-17(23)12-8-9-13(25-12)24-11-6-4-3-5-7-11/h3-9H,1-2H3,(H2,18,19,20,23). The maximum atomic E-state index is 12.4. The molecule has 126 valence electrons. The minimum absolute atomic E-state index is 0.134. The topological polar surface area (TPSA) is 98.0 Å². The number of fused-ring (bicyclic) bond motifs is 1. The summed E-state index contributed by atoms with van der Waals surface area (Å²) in [5.41, 5.74) is 1.44. The lowest BCUT2D eigenvalue weighted by Gasteiger charge is -2.02.